The first-order valence-electron chi connectivity index (χ1n) is 8.00. The minimum atomic E-state index is -0.360. The van der Waals surface area contributed by atoms with Crippen LogP contribution in [0.4, 0.5) is 15.9 Å². The van der Waals surface area contributed by atoms with Gasteiger partial charge in [0.25, 0.3) is 5.91 Å². The maximum Gasteiger partial charge on any atom is 0.255 e. The Balaban J connectivity index is 1.58. The van der Waals surface area contributed by atoms with Gasteiger partial charge in [-0.1, -0.05) is 19.3 Å². The van der Waals surface area contributed by atoms with Gasteiger partial charge in [-0.05, 0) is 49.2 Å². The monoisotopic (exact) mass is 313 g/mol. The fourth-order valence-electron chi connectivity index (χ4n) is 2.81. The molecular weight excluding hydrogens is 293 g/mol. The number of hydrogen-bond acceptors (Lipinski definition) is 3. The number of pyridine rings is 1. The van der Waals surface area contributed by atoms with Gasteiger partial charge in [0.05, 0.1) is 11.9 Å². The van der Waals surface area contributed by atoms with E-state index in [9.17, 15) is 9.18 Å². The molecule has 120 valence electrons. The van der Waals surface area contributed by atoms with Crippen LogP contribution in [0.15, 0.2) is 42.6 Å². The van der Waals surface area contributed by atoms with E-state index < -0.39 is 0 Å². The molecule has 1 aliphatic rings. The second-order valence-electron chi connectivity index (χ2n) is 5.87. The van der Waals surface area contributed by atoms with Crippen LogP contribution in [0.5, 0.6) is 0 Å². The first-order valence-corrected chi connectivity index (χ1v) is 8.00. The Bertz CT molecular complexity index is 649. The van der Waals surface area contributed by atoms with Crippen LogP contribution in [-0.4, -0.2) is 16.9 Å². The molecule has 4 nitrogen and oxygen atoms in total. The predicted octanol–water partition coefficient (Wildman–Crippen LogP) is 4.22. The summed E-state index contributed by atoms with van der Waals surface area (Å²) in [5.41, 5.74) is 1.03. The fourth-order valence-corrected chi connectivity index (χ4v) is 2.81. The molecule has 5 heteroatoms. The van der Waals surface area contributed by atoms with Crippen LogP contribution in [-0.2, 0) is 0 Å². The Hall–Kier alpha value is -2.43. The topological polar surface area (TPSA) is 54.0 Å². The van der Waals surface area contributed by atoms with E-state index in [2.05, 4.69) is 15.6 Å². The van der Waals surface area contributed by atoms with Crippen LogP contribution in [0.1, 0.15) is 42.5 Å². The van der Waals surface area contributed by atoms with Gasteiger partial charge < -0.3 is 10.6 Å². The molecule has 0 bridgehead atoms. The minimum absolute atomic E-state index is 0.278. The molecule has 1 saturated carbocycles. The standard InChI is InChI=1S/C18H20FN3O/c19-14-8-6-13(7-9-14)18(23)22-16-10-11-17(20-12-16)21-15-4-2-1-3-5-15/h6-12,15H,1-5H2,(H,20,21)(H,22,23). The van der Waals surface area contributed by atoms with Gasteiger partial charge in [-0.3, -0.25) is 4.79 Å². The van der Waals surface area contributed by atoms with E-state index in [4.69, 9.17) is 0 Å². The van der Waals surface area contributed by atoms with Gasteiger partial charge in [-0.2, -0.15) is 0 Å². The zero-order valence-corrected chi connectivity index (χ0v) is 12.9. The third kappa shape index (κ3) is 4.28. The summed E-state index contributed by atoms with van der Waals surface area (Å²) in [4.78, 5) is 16.4. The number of nitrogens with zero attached hydrogens (tertiary/aromatic N) is 1. The van der Waals surface area contributed by atoms with Gasteiger partial charge in [-0.25, -0.2) is 9.37 Å². The second-order valence-corrected chi connectivity index (χ2v) is 5.87. The van der Waals surface area contributed by atoms with Gasteiger partial charge in [0.1, 0.15) is 11.6 Å². The molecule has 1 heterocycles. The molecule has 1 amide bonds. The van der Waals surface area contributed by atoms with Crippen molar-refractivity contribution in [2.45, 2.75) is 38.1 Å². The van der Waals surface area contributed by atoms with Crippen molar-refractivity contribution in [2.24, 2.45) is 0 Å². The number of carbonyl (C=O) groups is 1. The summed E-state index contributed by atoms with van der Waals surface area (Å²) in [5, 5.41) is 6.19. The molecular formula is C18H20FN3O. The minimum Gasteiger partial charge on any atom is -0.367 e. The van der Waals surface area contributed by atoms with E-state index in [1.165, 1.54) is 56.4 Å². The Labute approximate surface area is 135 Å². The highest BCUT2D eigenvalue weighted by atomic mass is 19.1. The molecule has 0 radical (unpaired) electrons. The largest absolute Gasteiger partial charge is 0.367 e. The average Bonchev–Trinajstić information content (AvgIpc) is 2.58. The second kappa shape index (κ2) is 7.22. The summed E-state index contributed by atoms with van der Waals surface area (Å²) < 4.78 is 12.9. The van der Waals surface area contributed by atoms with E-state index in [0.717, 1.165) is 5.82 Å². The third-order valence-corrected chi connectivity index (χ3v) is 4.08. The van der Waals surface area contributed by atoms with Crippen LogP contribution in [0, 0.1) is 5.82 Å². The molecule has 1 aromatic carbocycles. The first-order chi connectivity index (χ1) is 11.2. The van der Waals surface area contributed by atoms with E-state index in [0.29, 0.717) is 17.3 Å². The number of carbonyl (C=O) groups excluding carboxylic acids is 1. The van der Waals surface area contributed by atoms with Gasteiger partial charge in [0, 0.05) is 11.6 Å². The molecule has 1 fully saturated rings. The normalized spacial score (nSPS) is 15.2. The van der Waals surface area contributed by atoms with Crippen LogP contribution in [0.2, 0.25) is 0 Å². The zero-order chi connectivity index (χ0) is 16.1. The van der Waals surface area contributed by atoms with Crippen LogP contribution in [0.25, 0.3) is 0 Å². The number of rotatable bonds is 4. The number of hydrogen-bond donors (Lipinski definition) is 2. The quantitative estimate of drug-likeness (QED) is 0.888. The summed E-state index contributed by atoms with van der Waals surface area (Å²) in [7, 11) is 0. The maximum absolute atomic E-state index is 12.9. The molecule has 0 aliphatic heterocycles. The molecule has 1 aromatic heterocycles. The van der Waals surface area contributed by atoms with E-state index in [1.54, 1.807) is 6.20 Å². The number of nitrogens with one attached hydrogen (secondary N) is 2. The third-order valence-electron chi connectivity index (χ3n) is 4.08. The van der Waals surface area contributed by atoms with Crippen molar-refractivity contribution in [3.05, 3.63) is 54.0 Å². The van der Waals surface area contributed by atoms with Crippen molar-refractivity contribution in [3.63, 3.8) is 0 Å². The average molecular weight is 313 g/mol. The van der Waals surface area contributed by atoms with Gasteiger partial charge in [0.15, 0.2) is 0 Å². The molecule has 3 rings (SSSR count). The summed E-state index contributed by atoms with van der Waals surface area (Å²) in [6, 6.07) is 9.63. The summed E-state index contributed by atoms with van der Waals surface area (Å²) in [5.74, 6) is 0.192. The molecule has 2 N–H and O–H groups in total. The predicted molar refractivity (Wildman–Crippen MR) is 89.1 cm³/mol. The zero-order valence-electron chi connectivity index (χ0n) is 12.9. The summed E-state index contributed by atoms with van der Waals surface area (Å²) >= 11 is 0. The van der Waals surface area contributed by atoms with Crippen molar-refractivity contribution in [3.8, 4) is 0 Å². The lowest BCUT2D eigenvalue weighted by Crippen LogP contribution is -2.22. The fraction of sp³-hybridized carbons (Fsp3) is 0.333. The molecule has 0 saturated heterocycles. The number of halogens is 1. The SMILES string of the molecule is O=C(Nc1ccc(NC2CCCCC2)nc1)c1ccc(F)cc1. The van der Waals surface area contributed by atoms with Crippen molar-refractivity contribution < 1.29 is 9.18 Å². The van der Waals surface area contributed by atoms with Gasteiger partial charge >= 0.3 is 0 Å². The lowest BCUT2D eigenvalue weighted by Gasteiger charge is -2.23. The number of anilines is 2. The van der Waals surface area contributed by atoms with Crippen LogP contribution in [0.3, 0.4) is 0 Å². The van der Waals surface area contributed by atoms with E-state index >= 15 is 0 Å². The maximum atomic E-state index is 12.9. The molecule has 1 aliphatic carbocycles. The number of aromatic nitrogens is 1. The van der Waals surface area contributed by atoms with Crippen LogP contribution < -0.4 is 10.6 Å². The van der Waals surface area contributed by atoms with Crippen molar-refractivity contribution in [1.29, 1.82) is 0 Å². The van der Waals surface area contributed by atoms with Gasteiger partial charge in [0.2, 0.25) is 0 Å². The van der Waals surface area contributed by atoms with Crippen molar-refractivity contribution in [2.75, 3.05) is 10.6 Å². The molecule has 0 unspecified atom stereocenters. The number of benzene rings is 1. The lowest BCUT2D eigenvalue weighted by molar-refractivity contribution is 0.102. The molecule has 23 heavy (non-hydrogen) atoms. The Morgan fingerprint density at radius 1 is 1.04 bits per heavy atom. The van der Waals surface area contributed by atoms with Crippen molar-refractivity contribution >= 4 is 17.4 Å². The van der Waals surface area contributed by atoms with Crippen LogP contribution >= 0.6 is 0 Å². The van der Waals surface area contributed by atoms with E-state index in [-0.39, 0.29) is 11.7 Å². The number of amides is 1. The smallest absolute Gasteiger partial charge is 0.255 e. The Morgan fingerprint density at radius 2 is 1.78 bits per heavy atom. The highest BCUT2D eigenvalue weighted by Gasteiger charge is 2.13. The lowest BCUT2D eigenvalue weighted by atomic mass is 9.95. The molecule has 0 spiro atoms. The highest BCUT2D eigenvalue weighted by molar-refractivity contribution is 6.04. The summed E-state index contributed by atoms with van der Waals surface area (Å²) in [6.07, 6.45) is 7.86. The Kier molecular flexibility index (Phi) is 4.86. The highest BCUT2D eigenvalue weighted by Crippen LogP contribution is 2.21. The Morgan fingerprint density at radius 3 is 2.43 bits per heavy atom. The van der Waals surface area contributed by atoms with Crippen molar-refractivity contribution in [1.82, 2.24) is 4.98 Å². The van der Waals surface area contributed by atoms with E-state index in [1.807, 2.05) is 12.1 Å². The molecule has 2 aromatic rings. The molecule has 0 atom stereocenters. The first kappa shape index (κ1) is 15.5. The summed E-state index contributed by atoms with van der Waals surface area (Å²) in [6.45, 7) is 0. The van der Waals surface area contributed by atoms with Gasteiger partial charge in [-0.15, -0.1) is 0 Å².